The number of fused-ring (bicyclic) bond motifs is 1. The summed E-state index contributed by atoms with van der Waals surface area (Å²) >= 11 is 0. The van der Waals surface area contributed by atoms with Crippen molar-refractivity contribution in [1.29, 1.82) is 0 Å². The van der Waals surface area contributed by atoms with Gasteiger partial charge in [-0.2, -0.15) is 0 Å². The smallest absolute Gasteiger partial charge is 0.302 e. The Kier molecular flexibility index (Phi) is 3.56. The van der Waals surface area contributed by atoms with Gasteiger partial charge >= 0.3 is 5.97 Å². The third-order valence-electron chi connectivity index (χ3n) is 3.58. The lowest BCUT2D eigenvalue weighted by molar-refractivity contribution is -0.140. The lowest BCUT2D eigenvalue weighted by atomic mass is 9.92. The molecule has 0 aliphatic heterocycles. The van der Waals surface area contributed by atoms with Crippen molar-refractivity contribution in [2.75, 3.05) is 6.61 Å². The highest BCUT2D eigenvalue weighted by molar-refractivity contribution is 6.18. The average molecular weight is 258 g/mol. The van der Waals surface area contributed by atoms with Gasteiger partial charge in [-0.3, -0.25) is 9.59 Å². The number of ether oxygens (including phenoxy) is 1. The molecule has 0 N–H and O–H groups in total. The highest BCUT2D eigenvalue weighted by atomic mass is 16.5. The molecule has 0 fully saturated rings. The minimum atomic E-state index is -0.273. The molecule has 3 heteroatoms. The van der Waals surface area contributed by atoms with E-state index in [0.717, 1.165) is 33.4 Å². The van der Waals surface area contributed by atoms with Crippen molar-refractivity contribution in [2.24, 2.45) is 0 Å². The zero-order valence-electron chi connectivity index (χ0n) is 11.8. The molecule has 19 heavy (non-hydrogen) atoms. The molecule has 0 heterocycles. The summed E-state index contributed by atoms with van der Waals surface area (Å²) in [4.78, 5) is 22.9. The first-order valence-corrected chi connectivity index (χ1v) is 6.41. The maximum Gasteiger partial charge on any atom is 0.302 e. The van der Waals surface area contributed by atoms with Gasteiger partial charge < -0.3 is 4.74 Å². The van der Waals surface area contributed by atoms with Crippen LogP contribution in [0.4, 0.5) is 0 Å². The van der Waals surface area contributed by atoms with Gasteiger partial charge in [0.05, 0.1) is 6.61 Å². The van der Waals surface area contributed by atoms with E-state index < -0.39 is 0 Å². The number of Topliss-reactive ketones (excluding diaryl/α,β-unsaturated/α-hetero) is 1. The Morgan fingerprint density at radius 2 is 1.95 bits per heavy atom. The van der Waals surface area contributed by atoms with Crippen LogP contribution in [0.3, 0.4) is 0 Å². The summed E-state index contributed by atoms with van der Waals surface area (Å²) in [6.07, 6.45) is 2.59. The van der Waals surface area contributed by atoms with E-state index in [0.29, 0.717) is 13.0 Å². The molecule has 0 saturated heterocycles. The molecule has 0 unspecified atom stereocenters. The summed E-state index contributed by atoms with van der Waals surface area (Å²) < 4.78 is 4.99. The first kappa shape index (κ1) is 13.5. The Hall–Kier alpha value is -1.90. The number of aryl methyl sites for hydroxylation is 1. The fraction of sp³-hybridized carbons (Fsp3) is 0.375. The number of allylic oxidation sites excluding steroid dienone is 1. The number of esters is 1. The van der Waals surface area contributed by atoms with Crippen molar-refractivity contribution in [3.05, 3.63) is 39.5 Å². The number of carbonyl (C=O) groups is 2. The van der Waals surface area contributed by atoms with Crippen molar-refractivity contribution in [2.45, 2.75) is 34.1 Å². The second-order valence-electron chi connectivity index (χ2n) is 5.01. The van der Waals surface area contributed by atoms with E-state index in [2.05, 4.69) is 0 Å². The molecule has 0 aromatic heterocycles. The van der Waals surface area contributed by atoms with E-state index in [1.807, 2.05) is 32.9 Å². The highest BCUT2D eigenvalue weighted by Gasteiger charge is 2.24. The highest BCUT2D eigenvalue weighted by Crippen LogP contribution is 2.31. The molecule has 1 aromatic rings. The van der Waals surface area contributed by atoms with Crippen molar-refractivity contribution >= 4 is 17.8 Å². The van der Waals surface area contributed by atoms with Crippen LogP contribution in [0.15, 0.2) is 11.6 Å². The number of ketones is 1. The Labute approximate surface area is 113 Å². The number of hydrogen-bond donors (Lipinski definition) is 0. The van der Waals surface area contributed by atoms with Gasteiger partial charge in [-0.25, -0.2) is 0 Å². The predicted octanol–water partition coefficient (Wildman–Crippen LogP) is 3.01. The third-order valence-corrected chi connectivity index (χ3v) is 3.58. The fourth-order valence-corrected chi connectivity index (χ4v) is 2.65. The van der Waals surface area contributed by atoms with E-state index in [1.165, 1.54) is 6.92 Å². The molecular formula is C16H18O3. The molecule has 2 rings (SSSR count). The van der Waals surface area contributed by atoms with E-state index in [1.54, 1.807) is 0 Å². The molecule has 1 aromatic carbocycles. The summed E-state index contributed by atoms with van der Waals surface area (Å²) in [6, 6.07) is 2.04. The van der Waals surface area contributed by atoms with Crippen molar-refractivity contribution in [3.63, 3.8) is 0 Å². The standard InChI is InChI=1S/C16H18O3/c1-9-7-13-8-10(2)16(18)15(13)11(3)14(9)5-6-19-12(4)17/h7-8H,5-6H2,1-4H3. The second kappa shape index (κ2) is 5.00. The van der Waals surface area contributed by atoms with Gasteiger partial charge in [-0.05, 0) is 54.7 Å². The molecule has 0 spiro atoms. The third kappa shape index (κ3) is 2.46. The zero-order valence-corrected chi connectivity index (χ0v) is 11.8. The van der Waals surface area contributed by atoms with E-state index >= 15 is 0 Å². The van der Waals surface area contributed by atoms with Crippen molar-refractivity contribution in [3.8, 4) is 0 Å². The Bertz CT molecular complexity index is 595. The van der Waals surface area contributed by atoms with Gasteiger partial charge in [-0.15, -0.1) is 0 Å². The topological polar surface area (TPSA) is 43.4 Å². The summed E-state index contributed by atoms with van der Waals surface area (Å²) in [5.41, 5.74) is 5.86. The van der Waals surface area contributed by atoms with Crippen LogP contribution in [0.5, 0.6) is 0 Å². The second-order valence-corrected chi connectivity index (χ2v) is 5.01. The maximum atomic E-state index is 12.1. The zero-order chi connectivity index (χ0) is 14.2. The fourth-order valence-electron chi connectivity index (χ4n) is 2.65. The van der Waals surface area contributed by atoms with Crippen LogP contribution in [0.1, 0.15) is 46.5 Å². The molecule has 0 saturated carbocycles. The van der Waals surface area contributed by atoms with Gasteiger partial charge in [0.2, 0.25) is 0 Å². The molecule has 3 nitrogen and oxygen atoms in total. The molecule has 0 amide bonds. The molecule has 0 bridgehead atoms. The molecule has 100 valence electrons. The van der Waals surface area contributed by atoms with Gasteiger partial charge in [0.25, 0.3) is 0 Å². The number of benzene rings is 1. The molecule has 1 aliphatic rings. The lowest BCUT2D eigenvalue weighted by Gasteiger charge is -2.14. The van der Waals surface area contributed by atoms with Crippen LogP contribution < -0.4 is 0 Å². The summed E-state index contributed by atoms with van der Waals surface area (Å²) in [5.74, 6) is -0.161. The minimum absolute atomic E-state index is 0.112. The summed E-state index contributed by atoms with van der Waals surface area (Å²) in [5, 5.41) is 0. The Morgan fingerprint density at radius 3 is 2.58 bits per heavy atom. The molecule has 1 aliphatic carbocycles. The number of carbonyl (C=O) groups excluding carboxylic acids is 2. The van der Waals surface area contributed by atoms with Gasteiger partial charge in [-0.1, -0.05) is 6.07 Å². The predicted molar refractivity (Wildman–Crippen MR) is 74.2 cm³/mol. The van der Waals surface area contributed by atoms with Gasteiger partial charge in [0, 0.05) is 18.9 Å². The minimum Gasteiger partial charge on any atom is -0.466 e. The number of hydrogen-bond acceptors (Lipinski definition) is 3. The first-order chi connectivity index (χ1) is 8.91. The van der Waals surface area contributed by atoms with E-state index in [4.69, 9.17) is 4.74 Å². The van der Waals surface area contributed by atoms with Crippen LogP contribution in [-0.4, -0.2) is 18.4 Å². The molecular weight excluding hydrogens is 240 g/mol. The van der Waals surface area contributed by atoms with Crippen LogP contribution in [0.25, 0.3) is 6.08 Å². The molecule has 0 atom stereocenters. The normalized spacial score (nSPS) is 13.3. The van der Waals surface area contributed by atoms with Crippen molar-refractivity contribution in [1.82, 2.24) is 0 Å². The Balaban J connectivity index is 2.33. The van der Waals surface area contributed by atoms with Crippen LogP contribution >= 0.6 is 0 Å². The monoisotopic (exact) mass is 258 g/mol. The lowest BCUT2D eigenvalue weighted by Crippen LogP contribution is -2.09. The largest absolute Gasteiger partial charge is 0.466 e. The van der Waals surface area contributed by atoms with Gasteiger partial charge in [0.1, 0.15) is 0 Å². The molecule has 0 radical (unpaired) electrons. The van der Waals surface area contributed by atoms with Gasteiger partial charge in [0.15, 0.2) is 5.78 Å². The summed E-state index contributed by atoms with van der Waals surface area (Å²) in [6.45, 7) is 7.60. The van der Waals surface area contributed by atoms with Crippen LogP contribution in [-0.2, 0) is 16.0 Å². The quantitative estimate of drug-likeness (QED) is 0.783. The summed E-state index contributed by atoms with van der Waals surface area (Å²) in [7, 11) is 0. The van der Waals surface area contributed by atoms with Crippen LogP contribution in [0, 0.1) is 13.8 Å². The maximum absolute atomic E-state index is 12.1. The van der Waals surface area contributed by atoms with Crippen molar-refractivity contribution < 1.29 is 14.3 Å². The SMILES string of the molecule is CC(=O)OCCc1c(C)cc2c(c1C)C(=O)C(C)=C2. The van der Waals surface area contributed by atoms with Crippen LogP contribution in [0.2, 0.25) is 0 Å². The first-order valence-electron chi connectivity index (χ1n) is 6.41. The Morgan fingerprint density at radius 1 is 1.26 bits per heavy atom. The number of rotatable bonds is 3. The van der Waals surface area contributed by atoms with E-state index in [9.17, 15) is 9.59 Å². The van der Waals surface area contributed by atoms with E-state index in [-0.39, 0.29) is 11.8 Å². The average Bonchev–Trinajstić information content (AvgIpc) is 2.59.